The van der Waals surface area contributed by atoms with Crippen molar-refractivity contribution in [2.45, 2.75) is 44.8 Å². The van der Waals surface area contributed by atoms with E-state index in [1.54, 1.807) is 17.1 Å². The number of likely N-dealkylation sites (tertiary alicyclic amines) is 1. The molecule has 3 atom stereocenters. The zero-order valence-corrected chi connectivity index (χ0v) is 21.2. The van der Waals surface area contributed by atoms with Crippen molar-refractivity contribution in [2.75, 3.05) is 46.0 Å². The maximum atomic E-state index is 13.1. The summed E-state index contributed by atoms with van der Waals surface area (Å²) in [5, 5.41) is 0. The Morgan fingerprint density at radius 1 is 1.09 bits per heavy atom. The number of carbonyl (C=O) groups excluding carboxylic acids is 2. The first-order chi connectivity index (χ1) is 16.2. The quantitative estimate of drug-likeness (QED) is 0.543. The van der Waals surface area contributed by atoms with E-state index in [0.717, 1.165) is 55.3 Å². The molecule has 3 aliphatic rings. The van der Waals surface area contributed by atoms with Gasteiger partial charge in [-0.2, -0.15) is 0 Å². The molecule has 3 saturated heterocycles. The van der Waals surface area contributed by atoms with Gasteiger partial charge in [0.2, 0.25) is 21.8 Å². The van der Waals surface area contributed by atoms with E-state index in [1.165, 1.54) is 5.56 Å². The minimum Gasteiger partial charge on any atom is -0.333 e. The third kappa shape index (κ3) is 5.21. The van der Waals surface area contributed by atoms with Gasteiger partial charge in [-0.3, -0.25) is 14.5 Å². The number of sulfonamides is 1. The number of likely N-dealkylation sites (N-methyl/N-ethyl adjacent to an activating group) is 1. The van der Waals surface area contributed by atoms with Gasteiger partial charge in [0.1, 0.15) is 0 Å². The number of rotatable bonds is 7. The first-order valence-electron chi connectivity index (χ1n) is 12.2. The fraction of sp³-hybridized carbons (Fsp3) is 0.600. The van der Waals surface area contributed by atoms with Gasteiger partial charge in [0.15, 0.2) is 0 Å². The van der Waals surface area contributed by atoms with Crippen molar-refractivity contribution in [1.29, 1.82) is 0 Å². The Balaban J connectivity index is 1.41. The third-order valence-corrected chi connectivity index (χ3v) is 8.47. The molecule has 0 saturated carbocycles. The Morgan fingerprint density at radius 3 is 2.38 bits per heavy atom. The lowest BCUT2D eigenvalue weighted by Gasteiger charge is -2.32. The Bertz CT molecular complexity index is 1030. The van der Waals surface area contributed by atoms with Gasteiger partial charge in [0, 0.05) is 45.3 Å². The fourth-order valence-corrected chi connectivity index (χ4v) is 6.73. The van der Waals surface area contributed by atoms with Crippen molar-refractivity contribution in [3.05, 3.63) is 41.5 Å². The van der Waals surface area contributed by atoms with Gasteiger partial charge in [-0.15, -0.1) is 0 Å². The Morgan fingerprint density at radius 2 is 1.76 bits per heavy atom. The molecule has 0 unspecified atom stereocenters. The molecule has 9 heteroatoms. The van der Waals surface area contributed by atoms with Gasteiger partial charge in [0.25, 0.3) is 0 Å². The molecule has 4 rings (SSSR count). The number of benzene rings is 1. The molecule has 0 aliphatic carbocycles. The molecule has 0 spiro atoms. The Kier molecular flexibility index (Phi) is 7.45. The van der Waals surface area contributed by atoms with E-state index in [4.69, 9.17) is 0 Å². The number of amides is 2. The summed E-state index contributed by atoms with van der Waals surface area (Å²) in [5.74, 6) is -0.992. The number of nitrogens with zero attached hydrogens (tertiary/aromatic N) is 4. The highest BCUT2D eigenvalue weighted by Gasteiger charge is 2.56. The lowest BCUT2D eigenvalue weighted by Crippen LogP contribution is -2.43. The van der Waals surface area contributed by atoms with Gasteiger partial charge >= 0.3 is 0 Å². The van der Waals surface area contributed by atoms with Gasteiger partial charge in [-0.05, 0) is 37.1 Å². The van der Waals surface area contributed by atoms with E-state index in [1.807, 2.05) is 19.1 Å². The predicted octanol–water partition coefficient (Wildman–Crippen LogP) is 1.63. The summed E-state index contributed by atoms with van der Waals surface area (Å²) in [4.78, 5) is 32.5. The second kappa shape index (κ2) is 10.2. The van der Waals surface area contributed by atoms with E-state index in [-0.39, 0.29) is 17.9 Å². The van der Waals surface area contributed by atoms with Crippen LogP contribution in [-0.2, 0) is 26.2 Å². The van der Waals surface area contributed by atoms with Crippen LogP contribution in [0.5, 0.6) is 0 Å². The summed E-state index contributed by atoms with van der Waals surface area (Å²) in [6, 6.07) is 7.41. The summed E-state index contributed by atoms with van der Waals surface area (Å²) in [6.07, 6.45) is 6.26. The largest absolute Gasteiger partial charge is 0.333 e. The normalized spacial score (nSPS) is 26.6. The Labute approximate surface area is 203 Å². The van der Waals surface area contributed by atoms with Crippen LogP contribution in [0.4, 0.5) is 0 Å². The molecule has 34 heavy (non-hydrogen) atoms. The van der Waals surface area contributed by atoms with E-state index >= 15 is 0 Å². The SMILES string of the molecule is CCC[C@H]1C(=O)N(S(C)(=O)=O)[C@H]2CCN(C(=O)/C=C/c3ccc(CN4CCN(C)CC4)cc3)[C@H]12. The minimum atomic E-state index is -3.66. The molecule has 0 radical (unpaired) electrons. The topological polar surface area (TPSA) is 81.2 Å². The number of piperazine rings is 1. The van der Waals surface area contributed by atoms with E-state index in [9.17, 15) is 18.0 Å². The molecule has 8 nitrogen and oxygen atoms in total. The van der Waals surface area contributed by atoms with Crippen LogP contribution in [0.3, 0.4) is 0 Å². The second-order valence-electron chi connectivity index (χ2n) is 9.82. The number of hydrogen-bond donors (Lipinski definition) is 0. The summed E-state index contributed by atoms with van der Waals surface area (Å²) >= 11 is 0. The molecule has 0 aromatic heterocycles. The van der Waals surface area contributed by atoms with Crippen LogP contribution < -0.4 is 0 Å². The summed E-state index contributed by atoms with van der Waals surface area (Å²) < 4.78 is 25.6. The fourth-order valence-electron chi connectivity index (χ4n) is 5.55. The highest BCUT2D eigenvalue weighted by Crippen LogP contribution is 2.40. The molecule has 1 aromatic carbocycles. The molecule has 0 bridgehead atoms. The first-order valence-corrected chi connectivity index (χ1v) is 14.1. The highest BCUT2D eigenvalue weighted by molar-refractivity contribution is 7.88. The molecule has 2 amide bonds. The minimum absolute atomic E-state index is 0.168. The van der Waals surface area contributed by atoms with E-state index in [2.05, 4.69) is 29.0 Å². The molecule has 1 aromatic rings. The van der Waals surface area contributed by atoms with Crippen LogP contribution in [0, 0.1) is 5.92 Å². The summed E-state index contributed by atoms with van der Waals surface area (Å²) in [7, 11) is -1.51. The lowest BCUT2D eigenvalue weighted by molar-refractivity contribution is -0.130. The summed E-state index contributed by atoms with van der Waals surface area (Å²) in [6.45, 7) is 7.69. The van der Waals surface area contributed by atoms with E-state index < -0.39 is 22.0 Å². The van der Waals surface area contributed by atoms with Crippen molar-refractivity contribution in [1.82, 2.24) is 19.0 Å². The zero-order chi connectivity index (χ0) is 24.5. The van der Waals surface area contributed by atoms with Crippen LogP contribution in [-0.4, -0.2) is 97.3 Å². The van der Waals surface area contributed by atoms with Gasteiger partial charge in [-0.25, -0.2) is 12.7 Å². The first kappa shape index (κ1) is 24.9. The van der Waals surface area contributed by atoms with Gasteiger partial charge in [0.05, 0.1) is 24.3 Å². The molecule has 0 N–H and O–H groups in total. The molecular formula is C25H36N4O4S. The van der Waals surface area contributed by atoms with E-state index in [0.29, 0.717) is 19.4 Å². The molecule has 186 valence electrons. The predicted molar refractivity (Wildman–Crippen MR) is 132 cm³/mol. The number of carbonyl (C=O) groups is 2. The third-order valence-electron chi connectivity index (χ3n) is 7.31. The smallest absolute Gasteiger partial charge is 0.246 e. The Hall–Kier alpha value is -2.23. The van der Waals surface area contributed by atoms with Crippen LogP contribution >= 0.6 is 0 Å². The molecule has 3 heterocycles. The monoisotopic (exact) mass is 488 g/mol. The standard InChI is InChI=1S/C25H36N4O4S/c1-4-5-21-24-22(29(25(21)31)34(3,32)33)12-13-28(24)23(30)11-10-19-6-8-20(9-7-19)18-27-16-14-26(2)15-17-27/h6-11,21-22,24H,4-5,12-18H2,1-3H3/b11-10+/t21-,22+,24-/m1/s1. The number of fused-ring (bicyclic) bond motifs is 1. The summed E-state index contributed by atoms with van der Waals surface area (Å²) in [5.41, 5.74) is 2.19. The second-order valence-corrected chi connectivity index (χ2v) is 11.7. The van der Waals surface area contributed by atoms with Crippen molar-refractivity contribution in [3.8, 4) is 0 Å². The maximum absolute atomic E-state index is 13.1. The van der Waals surface area contributed by atoms with Crippen LogP contribution in [0.1, 0.15) is 37.3 Å². The van der Waals surface area contributed by atoms with Crippen LogP contribution in [0.2, 0.25) is 0 Å². The average Bonchev–Trinajstić information content (AvgIpc) is 3.32. The number of hydrogen-bond acceptors (Lipinski definition) is 6. The molecular weight excluding hydrogens is 452 g/mol. The van der Waals surface area contributed by atoms with Crippen molar-refractivity contribution in [3.63, 3.8) is 0 Å². The maximum Gasteiger partial charge on any atom is 0.246 e. The van der Waals surface area contributed by atoms with Crippen molar-refractivity contribution >= 4 is 27.9 Å². The van der Waals surface area contributed by atoms with Crippen LogP contribution in [0.15, 0.2) is 30.3 Å². The molecule has 3 aliphatic heterocycles. The lowest BCUT2D eigenvalue weighted by atomic mass is 9.94. The molecule has 3 fully saturated rings. The van der Waals surface area contributed by atoms with Gasteiger partial charge in [-0.1, -0.05) is 37.6 Å². The van der Waals surface area contributed by atoms with Crippen molar-refractivity contribution in [2.24, 2.45) is 5.92 Å². The van der Waals surface area contributed by atoms with Crippen molar-refractivity contribution < 1.29 is 18.0 Å². The van der Waals surface area contributed by atoms with Gasteiger partial charge < -0.3 is 9.80 Å². The van der Waals surface area contributed by atoms with Crippen LogP contribution in [0.25, 0.3) is 6.08 Å². The zero-order valence-electron chi connectivity index (χ0n) is 20.4. The highest BCUT2D eigenvalue weighted by atomic mass is 32.2. The average molecular weight is 489 g/mol.